The number of carbonyl (C=O) groups is 1. The number of sulfonamides is 1. The summed E-state index contributed by atoms with van der Waals surface area (Å²) in [5.74, 6) is -0.0105. The molecular weight excluding hydrogens is 368 g/mol. The van der Waals surface area contributed by atoms with Crippen LogP contribution in [0, 0.1) is 5.41 Å². The summed E-state index contributed by atoms with van der Waals surface area (Å²) in [5.41, 5.74) is 0.433. The Morgan fingerprint density at radius 2 is 1.81 bits per heavy atom. The molecule has 2 rings (SSSR count). The average molecular weight is 395 g/mol. The van der Waals surface area contributed by atoms with E-state index >= 15 is 0 Å². The lowest BCUT2D eigenvalue weighted by molar-refractivity contribution is 0.0976. The minimum Gasteiger partial charge on any atom is -0.305 e. The minimum atomic E-state index is -3.51. The Hall–Kier alpha value is -1.54. The lowest BCUT2D eigenvalue weighted by atomic mass is 9.86. The second-order valence-electron chi connectivity index (χ2n) is 7.31. The Morgan fingerprint density at radius 3 is 2.35 bits per heavy atom. The van der Waals surface area contributed by atoms with Crippen molar-refractivity contribution in [1.29, 1.82) is 0 Å². The molecule has 0 aliphatic heterocycles. The number of thiophene rings is 1. The van der Waals surface area contributed by atoms with Crippen LogP contribution in [0.2, 0.25) is 0 Å². The van der Waals surface area contributed by atoms with Crippen LogP contribution in [0.25, 0.3) is 0 Å². The molecule has 0 radical (unpaired) electrons. The molecule has 1 atom stereocenters. The van der Waals surface area contributed by atoms with Crippen molar-refractivity contribution >= 4 is 27.1 Å². The fourth-order valence-electron chi connectivity index (χ4n) is 2.51. The van der Waals surface area contributed by atoms with Crippen molar-refractivity contribution in [1.82, 2.24) is 9.62 Å². The van der Waals surface area contributed by atoms with Crippen LogP contribution in [0.3, 0.4) is 0 Å². The van der Waals surface area contributed by atoms with Crippen LogP contribution in [0.15, 0.2) is 52.1 Å². The van der Waals surface area contributed by atoms with Gasteiger partial charge >= 0.3 is 0 Å². The molecule has 142 valence electrons. The third-order valence-corrected chi connectivity index (χ3v) is 7.45. The van der Waals surface area contributed by atoms with Gasteiger partial charge in [0.1, 0.15) is 4.21 Å². The Labute approximate surface area is 160 Å². The molecule has 0 spiro atoms. The summed E-state index contributed by atoms with van der Waals surface area (Å²) in [6, 6.07) is 12.2. The highest BCUT2D eigenvalue weighted by atomic mass is 32.2. The van der Waals surface area contributed by atoms with Gasteiger partial charge in [-0.05, 0) is 16.9 Å². The second kappa shape index (κ2) is 8.43. The maximum Gasteiger partial charge on any atom is 0.252 e. The standard InChI is InChI=1S/C19H26N2O3S2/c1-19(2,3)17(20-13-16(22)15-9-6-5-7-10-15)14-21(4)26(23,24)18-11-8-12-25-18/h5-12,17,20H,13-14H2,1-4H3/t17-/m1/s1. The van der Waals surface area contributed by atoms with Crippen LogP contribution < -0.4 is 5.32 Å². The van der Waals surface area contributed by atoms with Crippen molar-refractivity contribution in [3.8, 4) is 0 Å². The fourth-order valence-corrected chi connectivity index (χ4v) is 4.89. The van der Waals surface area contributed by atoms with Crippen molar-refractivity contribution in [3.63, 3.8) is 0 Å². The van der Waals surface area contributed by atoms with Crippen LogP contribution in [-0.4, -0.2) is 44.7 Å². The molecular formula is C19H26N2O3S2. The molecule has 1 aromatic heterocycles. The first-order valence-corrected chi connectivity index (χ1v) is 10.8. The van der Waals surface area contributed by atoms with Crippen LogP contribution in [0.1, 0.15) is 31.1 Å². The molecule has 5 nitrogen and oxygen atoms in total. The fraction of sp³-hybridized carbons (Fsp3) is 0.421. The van der Waals surface area contributed by atoms with E-state index in [9.17, 15) is 13.2 Å². The van der Waals surface area contributed by atoms with Crippen molar-refractivity contribution in [2.24, 2.45) is 5.41 Å². The molecule has 1 N–H and O–H groups in total. The van der Waals surface area contributed by atoms with E-state index in [1.807, 2.05) is 39.0 Å². The average Bonchev–Trinajstić information content (AvgIpc) is 3.13. The van der Waals surface area contributed by atoms with Gasteiger partial charge in [-0.15, -0.1) is 11.3 Å². The van der Waals surface area contributed by atoms with Crippen LogP contribution in [0.4, 0.5) is 0 Å². The number of ketones is 1. The van der Waals surface area contributed by atoms with Crippen LogP contribution in [0.5, 0.6) is 0 Å². The monoisotopic (exact) mass is 394 g/mol. The van der Waals surface area contributed by atoms with Crippen molar-refractivity contribution in [2.75, 3.05) is 20.1 Å². The molecule has 7 heteroatoms. The van der Waals surface area contributed by atoms with E-state index in [2.05, 4.69) is 5.32 Å². The van der Waals surface area contributed by atoms with E-state index < -0.39 is 10.0 Å². The topological polar surface area (TPSA) is 66.5 Å². The van der Waals surface area contributed by atoms with E-state index in [0.717, 1.165) is 0 Å². The number of nitrogens with one attached hydrogen (secondary N) is 1. The van der Waals surface area contributed by atoms with E-state index in [4.69, 9.17) is 0 Å². The van der Waals surface area contributed by atoms with E-state index in [1.165, 1.54) is 15.6 Å². The molecule has 26 heavy (non-hydrogen) atoms. The van der Waals surface area contributed by atoms with Crippen molar-refractivity contribution in [3.05, 3.63) is 53.4 Å². The normalized spacial score (nSPS) is 13.7. The number of rotatable bonds is 8. The van der Waals surface area contributed by atoms with Gasteiger partial charge in [-0.3, -0.25) is 4.79 Å². The maximum absolute atomic E-state index is 12.7. The van der Waals surface area contributed by atoms with Gasteiger partial charge in [-0.2, -0.15) is 4.31 Å². The number of Topliss-reactive ketones (excluding diaryl/α,β-unsaturated/α-hetero) is 1. The first kappa shape index (κ1) is 20.8. The molecule has 0 saturated carbocycles. The van der Waals surface area contributed by atoms with E-state index in [0.29, 0.717) is 9.77 Å². The summed E-state index contributed by atoms with van der Waals surface area (Å²) in [6.07, 6.45) is 0. The predicted molar refractivity (Wildman–Crippen MR) is 106 cm³/mol. The summed E-state index contributed by atoms with van der Waals surface area (Å²) in [4.78, 5) is 12.4. The van der Waals surface area contributed by atoms with Gasteiger partial charge in [0.2, 0.25) is 0 Å². The summed E-state index contributed by atoms with van der Waals surface area (Å²) in [6.45, 7) is 6.54. The first-order chi connectivity index (χ1) is 12.1. The van der Waals surface area contributed by atoms with Gasteiger partial charge in [0.15, 0.2) is 5.78 Å². The maximum atomic E-state index is 12.7. The van der Waals surface area contributed by atoms with Gasteiger partial charge in [0.05, 0.1) is 6.54 Å². The van der Waals surface area contributed by atoms with Crippen LogP contribution >= 0.6 is 11.3 Å². The molecule has 0 saturated heterocycles. The zero-order valence-corrected chi connectivity index (χ0v) is 17.2. The Morgan fingerprint density at radius 1 is 1.15 bits per heavy atom. The third-order valence-electron chi connectivity index (χ3n) is 4.25. The smallest absolute Gasteiger partial charge is 0.252 e. The first-order valence-electron chi connectivity index (χ1n) is 8.44. The van der Waals surface area contributed by atoms with Crippen molar-refractivity contribution in [2.45, 2.75) is 31.0 Å². The number of hydrogen-bond donors (Lipinski definition) is 1. The Balaban J connectivity index is 2.07. The number of hydrogen-bond acceptors (Lipinski definition) is 5. The van der Waals surface area contributed by atoms with Crippen LogP contribution in [-0.2, 0) is 10.0 Å². The number of nitrogens with zero attached hydrogens (tertiary/aromatic N) is 1. The minimum absolute atomic E-state index is 0.0105. The molecule has 1 heterocycles. The second-order valence-corrected chi connectivity index (χ2v) is 10.5. The van der Waals surface area contributed by atoms with Gasteiger partial charge in [0.25, 0.3) is 10.0 Å². The van der Waals surface area contributed by atoms with Gasteiger partial charge < -0.3 is 5.32 Å². The van der Waals surface area contributed by atoms with E-state index in [1.54, 1.807) is 36.7 Å². The SMILES string of the molecule is CN(C[C@@H](NCC(=O)c1ccccc1)C(C)(C)C)S(=O)(=O)c1cccs1. The Kier molecular flexibility index (Phi) is 6.74. The molecule has 2 aromatic rings. The quantitative estimate of drug-likeness (QED) is 0.698. The van der Waals surface area contributed by atoms with Crippen molar-refractivity contribution < 1.29 is 13.2 Å². The molecule has 0 aliphatic carbocycles. The highest BCUT2D eigenvalue weighted by molar-refractivity contribution is 7.91. The summed E-state index contributed by atoms with van der Waals surface area (Å²) < 4.78 is 27.0. The highest BCUT2D eigenvalue weighted by Gasteiger charge is 2.31. The number of benzene rings is 1. The molecule has 0 amide bonds. The lowest BCUT2D eigenvalue weighted by Crippen LogP contribution is -2.50. The lowest BCUT2D eigenvalue weighted by Gasteiger charge is -2.34. The van der Waals surface area contributed by atoms with Gasteiger partial charge in [0, 0.05) is 25.2 Å². The van der Waals surface area contributed by atoms with E-state index in [-0.39, 0.29) is 30.3 Å². The molecule has 0 aliphatic rings. The number of likely N-dealkylation sites (N-methyl/N-ethyl adjacent to an activating group) is 1. The predicted octanol–water partition coefficient (Wildman–Crippen LogP) is 3.26. The third kappa shape index (κ3) is 5.23. The summed E-state index contributed by atoms with van der Waals surface area (Å²) in [7, 11) is -1.94. The Bertz CT molecular complexity index is 810. The molecule has 0 bridgehead atoms. The zero-order valence-electron chi connectivity index (χ0n) is 15.6. The summed E-state index contributed by atoms with van der Waals surface area (Å²) >= 11 is 1.20. The largest absolute Gasteiger partial charge is 0.305 e. The van der Waals surface area contributed by atoms with Gasteiger partial charge in [-0.1, -0.05) is 57.2 Å². The zero-order chi connectivity index (χ0) is 19.4. The molecule has 0 unspecified atom stereocenters. The van der Waals surface area contributed by atoms with Gasteiger partial charge in [-0.25, -0.2) is 8.42 Å². The molecule has 0 fully saturated rings. The molecule has 1 aromatic carbocycles. The highest BCUT2D eigenvalue weighted by Crippen LogP contribution is 2.24. The summed E-state index contributed by atoms with van der Waals surface area (Å²) in [5, 5.41) is 5.00. The number of carbonyl (C=O) groups excluding carboxylic acids is 1.